The fraction of sp³-hybridized carbons (Fsp3) is 0.321. The third-order valence-corrected chi connectivity index (χ3v) is 11.1. The molecule has 1 N–H and O–H groups in total. The van der Waals surface area contributed by atoms with E-state index in [4.69, 9.17) is 42.6 Å². The van der Waals surface area contributed by atoms with Crippen LogP contribution in [0.15, 0.2) is 182 Å². The molecule has 0 aromatic heterocycles. The van der Waals surface area contributed by atoms with Crippen molar-refractivity contribution in [2.75, 3.05) is 13.2 Å². The molecule has 0 bridgehead atoms. The summed E-state index contributed by atoms with van der Waals surface area (Å²) in [5.41, 5.74) is 5.87. The molecule has 10 nitrogen and oxygen atoms in total. The Morgan fingerprint density at radius 3 is 1.21 bits per heavy atom. The van der Waals surface area contributed by atoms with Crippen molar-refractivity contribution in [3.8, 4) is 0 Å². The van der Waals surface area contributed by atoms with Crippen LogP contribution in [0.4, 0.5) is 0 Å². The highest BCUT2D eigenvalue weighted by Gasteiger charge is 2.52. The van der Waals surface area contributed by atoms with Gasteiger partial charge in [0.15, 0.2) is 12.6 Å². The smallest absolute Gasteiger partial charge is 0.187 e. The molecule has 2 saturated heterocycles. The second-order valence-corrected chi connectivity index (χ2v) is 15.7. The number of ether oxygens (including phenoxy) is 9. The Kier molecular flexibility index (Phi) is 16.7. The highest BCUT2D eigenvalue weighted by molar-refractivity contribution is 5.18. The third kappa shape index (κ3) is 13.0. The van der Waals surface area contributed by atoms with Crippen molar-refractivity contribution in [2.45, 2.75) is 94.9 Å². The van der Waals surface area contributed by atoms with Crippen LogP contribution in [0.3, 0.4) is 0 Å². The number of benzene rings is 6. The third-order valence-electron chi connectivity index (χ3n) is 11.1. The summed E-state index contributed by atoms with van der Waals surface area (Å²) in [7, 11) is 0. The van der Waals surface area contributed by atoms with Gasteiger partial charge in [0.1, 0.15) is 42.7 Å². The van der Waals surface area contributed by atoms with Gasteiger partial charge in [-0.2, -0.15) is 0 Å². The number of aliphatic hydroxyl groups is 1. The van der Waals surface area contributed by atoms with E-state index in [2.05, 4.69) is 0 Å². The van der Waals surface area contributed by atoms with Crippen LogP contribution in [0.2, 0.25) is 0 Å². The molecule has 2 aliphatic heterocycles. The van der Waals surface area contributed by atoms with Gasteiger partial charge in [-0.25, -0.2) is 0 Å². The van der Waals surface area contributed by atoms with E-state index in [0.717, 1.165) is 33.4 Å². The Hall–Kier alpha value is -5.08. The van der Waals surface area contributed by atoms with Crippen LogP contribution >= 0.6 is 0 Å². The first-order chi connectivity index (χ1) is 31.2. The number of hydrogen-bond acceptors (Lipinski definition) is 10. The van der Waals surface area contributed by atoms with Gasteiger partial charge in [0.05, 0.1) is 52.9 Å². The lowest BCUT2D eigenvalue weighted by Crippen LogP contribution is -2.64. The fourth-order valence-electron chi connectivity index (χ4n) is 7.80. The molecule has 0 amide bonds. The maximum Gasteiger partial charge on any atom is 0.187 e. The van der Waals surface area contributed by atoms with E-state index in [1.54, 1.807) is 0 Å². The van der Waals surface area contributed by atoms with Gasteiger partial charge in [-0.1, -0.05) is 182 Å². The van der Waals surface area contributed by atoms with Crippen LogP contribution in [-0.2, 0) is 82.3 Å². The van der Waals surface area contributed by atoms with Crippen LogP contribution < -0.4 is 0 Å². The van der Waals surface area contributed by atoms with Gasteiger partial charge in [0.2, 0.25) is 0 Å². The van der Waals surface area contributed by atoms with Crippen LogP contribution in [-0.4, -0.2) is 73.6 Å². The van der Waals surface area contributed by atoms with Gasteiger partial charge in [-0.05, 0) is 33.4 Å². The molecule has 6 aromatic rings. The lowest BCUT2D eigenvalue weighted by Gasteiger charge is -2.48. The summed E-state index contributed by atoms with van der Waals surface area (Å²) < 4.78 is 60.4. The summed E-state index contributed by atoms with van der Waals surface area (Å²) in [5, 5.41) is 11.5. The molecule has 0 radical (unpaired) electrons. The summed E-state index contributed by atoms with van der Waals surface area (Å²) in [6.45, 7) is 1.85. The largest absolute Gasteiger partial charge is 0.374 e. The monoisotopic (exact) mass is 852 g/mol. The molecule has 2 fully saturated rings. The first-order valence-corrected chi connectivity index (χ1v) is 21.7. The highest BCUT2D eigenvalue weighted by atomic mass is 16.7. The predicted octanol–water partition coefficient (Wildman–Crippen LogP) is 8.59. The summed E-state index contributed by atoms with van der Waals surface area (Å²) >= 11 is 0. The molecule has 0 spiro atoms. The predicted molar refractivity (Wildman–Crippen MR) is 237 cm³/mol. The molecule has 2 aliphatic rings. The van der Waals surface area contributed by atoms with Crippen LogP contribution in [0.25, 0.3) is 0 Å². The van der Waals surface area contributed by atoms with Crippen molar-refractivity contribution >= 4 is 0 Å². The van der Waals surface area contributed by atoms with Gasteiger partial charge in [0.25, 0.3) is 0 Å². The standard InChI is InChI=1S/C53H56O10/c54-52-50(59-35-43-27-15-5-16-28-43)48(45(38-61-52)56-32-40-21-9-2-10-22-40)63-53-51(60-36-44-29-17-6-18-30-44)49(58-34-42-25-13-4-14-26-42)47(57-33-41-23-11-3-12-24-41)46(62-53)37-55-31-39-19-7-1-8-20-39/h1-30,45-54H,31-38H2/t45-,46-,47-,48+,49+,50-,51-,52+,53-/m1/s1. The normalized spacial score (nSPS) is 24.8. The molecule has 63 heavy (non-hydrogen) atoms. The maximum atomic E-state index is 11.5. The summed E-state index contributed by atoms with van der Waals surface area (Å²) in [5.74, 6) is 0. The van der Waals surface area contributed by atoms with E-state index in [-0.39, 0.29) is 39.6 Å². The van der Waals surface area contributed by atoms with Crippen molar-refractivity contribution in [2.24, 2.45) is 0 Å². The van der Waals surface area contributed by atoms with Crippen molar-refractivity contribution in [1.82, 2.24) is 0 Å². The Morgan fingerprint density at radius 2 is 0.762 bits per heavy atom. The van der Waals surface area contributed by atoms with Gasteiger partial charge < -0.3 is 47.7 Å². The highest BCUT2D eigenvalue weighted by Crippen LogP contribution is 2.35. The van der Waals surface area contributed by atoms with Gasteiger partial charge >= 0.3 is 0 Å². The molecule has 2 heterocycles. The summed E-state index contributed by atoms with van der Waals surface area (Å²) in [6, 6.07) is 59.7. The molecule has 9 atom stereocenters. The average molecular weight is 853 g/mol. The minimum atomic E-state index is -1.32. The Morgan fingerprint density at radius 1 is 0.397 bits per heavy atom. The van der Waals surface area contributed by atoms with Crippen LogP contribution in [0.5, 0.6) is 0 Å². The van der Waals surface area contributed by atoms with Crippen molar-refractivity contribution in [1.29, 1.82) is 0 Å². The first kappa shape index (κ1) is 44.5. The molecule has 10 heteroatoms. The minimum absolute atomic E-state index is 0.0481. The lowest BCUT2D eigenvalue weighted by molar-refractivity contribution is -0.366. The van der Waals surface area contributed by atoms with E-state index in [0.29, 0.717) is 13.2 Å². The molecule has 6 aromatic carbocycles. The Balaban J connectivity index is 1.15. The SMILES string of the molecule is O[C@H]1OC[C@@H](OCc2ccccc2)[C@H](O[C@H]2O[C@H](COCc3ccccc3)[C@@H](OCc3ccccc3)[C@H](OCc3ccccc3)[C@H]2OCc2ccccc2)[C@H]1OCc1ccccc1. The van der Waals surface area contributed by atoms with Crippen molar-refractivity contribution in [3.63, 3.8) is 0 Å². The second kappa shape index (κ2) is 23.6. The number of hydrogen-bond donors (Lipinski definition) is 1. The second-order valence-electron chi connectivity index (χ2n) is 15.7. The van der Waals surface area contributed by atoms with Crippen molar-refractivity contribution in [3.05, 3.63) is 215 Å². The Bertz CT molecular complexity index is 2150. The molecular formula is C53H56O10. The fourth-order valence-corrected chi connectivity index (χ4v) is 7.80. The maximum absolute atomic E-state index is 11.5. The summed E-state index contributed by atoms with van der Waals surface area (Å²) in [6.07, 6.45) is -7.83. The van der Waals surface area contributed by atoms with Crippen molar-refractivity contribution < 1.29 is 47.7 Å². The zero-order valence-electron chi connectivity index (χ0n) is 35.3. The van der Waals surface area contributed by atoms with Crippen LogP contribution in [0.1, 0.15) is 33.4 Å². The van der Waals surface area contributed by atoms with Gasteiger partial charge in [0, 0.05) is 0 Å². The van der Waals surface area contributed by atoms with E-state index in [1.165, 1.54) is 0 Å². The molecule has 0 aliphatic carbocycles. The molecule has 328 valence electrons. The molecule has 0 unspecified atom stereocenters. The number of rotatable bonds is 21. The van der Waals surface area contributed by atoms with E-state index < -0.39 is 55.3 Å². The van der Waals surface area contributed by atoms with Gasteiger partial charge in [-0.15, -0.1) is 0 Å². The molecule has 0 saturated carbocycles. The number of aliphatic hydroxyl groups excluding tert-OH is 1. The zero-order chi connectivity index (χ0) is 42.9. The topological polar surface area (TPSA) is 103 Å². The van der Waals surface area contributed by atoms with Gasteiger partial charge in [-0.3, -0.25) is 0 Å². The van der Waals surface area contributed by atoms with Crippen LogP contribution in [0, 0.1) is 0 Å². The summed E-state index contributed by atoms with van der Waals surface area (Å²) in [4.78, 5) is 0. The van der Waals surface area contributed by atoms with E-state index in [9.17, 15) is 5.11 Å². The first-order valence-electron chi connectivity index (χ1n) is 21.7. The zero-order valence-corrected chi connectivity index (χ0v) is 35.3. The molecular weight excluding hydrogens is 797 g/mol. The lowest BCUT2D eigenvalue weighted by atomic mass is 9.97. The minimum Gasteiger partial charge on any atom is -0.374 e. The quantitative estimate of drug-likeness (QED) is 0.0758. The average Bonchev–Trinajstić information content (AvgIpc) is 3.34. The van der Waals surface area contributed by atoms with E-state index in [1.807, 2.05) is 182 Å². The Labute approximate surface area is 370 Å². The molecule has 8 rings (SSSR count). The van der Waals surface area contributed by atoms with E-state index >= 15 is 0 Å².